The molecule has 5 heteroatoms. The molecular weight excluding hydrogens is 195 g/mol. The second-order valence-corrected chi connectivity index (χ2v) is 2.90. The topological polar surface area (TPSA) is 45.8 Å². The predicted molar refractivity (Wildman–Crippen MR) is 47.3 cm³/mol. The number of rotatable bonds is 0. The first kappa shape index (κ1) is 8.19. The molecule has 0 amide bonds. The highest BCUT2D eigenvalue weighted by Gasteiger charge is 2.07. The lowest BCUT2D eigenvalue weighted by molar-refractivity contribution is 0.636. The van der Waals surface area contributed by atoms with Gasteiger partial charge in [0.15, 0.2) is 5.82 Å². The van der Waals surface area contributed by atoms with E-state index in [2.05, 4.69) is 9.97 Å². The van der Waals surface area contributed by atoms with Crippen LogP contribution in [0.2, 0.25) is 5.02 Å². The van der Waals surface area contributed by atoms with Gasteiger partial charge in [0.1, 0.15) is 5.52 Å². The molecule has 0 atom stereocenters. The van der Waals surface area contributed by atoms with E-state index in [4.69, 9.17) is 11.6 Å². The van der Waals surface area contributed by atoms with Crippen LogP contribution in [0.1, 0.15) is 0 Å². The maximum atomic E-state index is 13.2. The van der Waals surface area contributed by atoms with Crippen molar-refractivity contribution in [3.8, 4) is 0 Å². The number of halogens is 2. The Labute approximate surface area is 77.2 Å². The number of aromatic nitrogens is 2. The Morgan fingerprint density at radius 3 is 3.00 bits per heavy atom. The monoisotopic (exact) mass is 198 g/mol. The van der Waals surface area contributed by atoms with Crippen LogP contribution in [0, 0.1) is 5.82 Å². The first-order valence-corrected chi connectivity index (χ1v) is 3.89. The van der Waals surface area contributed by atoms with Gasteiger partial charge >= 0.3 is 0 Å². The fourth-order valence-corrected chi connectivity index (χ4v) is 1.24. The van der Waals surface area contributed by atoms with E-state index in [0.717, 1.165) is 6.33 Å². The Balaban J connectivity index is 3.03. The number of hydrogen-bond donors (Lipinski definition) is 1. The number of nitrogens with one attached hydrogen (secondary N) is 1. The highest BCUT2D eigenvalue weighted by molar-refractivity contribution is 6.31. The number of H-pyrrole nitrogens is 1. The van der Waals surface area contributed by atoms with Crippen molar-refractivity contribution in [3.05, 3.63) is 39.7 Å². The van der Waals surface area contributed by atoms with Gasteiger partial charge in [0.05, 0.1) is 16.7 Å². The minimum Gasteiger partial charge on any atom is -0.313 e. The average molecular weight is 199 g/mol. The molecule has 0 aliphatic carbocycles. The zero-order valence-corrected chi connectivity index (χ0v) is 7.10. The van der Waals surface area contributed by atoms with E-state index in [1.54, 1.807) is 0 Å². The Kier molecular flexibility index (Phi) is 1.77. The average Bonchev–Trinajstić information content (AvgIpc) is 2.12. The summed E-state index contributed by atoms with van der Waals surface area (Å²) in [6, 6.07) is 2.77. The van der Waals surface area contributed by atoms with Gasteiger partial charge in [-0.05, 0) is 12.1 Å². The number of nitrogens with zero attached hydrogens (tertiary/aromatic N) is 1. The van der Waals surface area contributed by atoms with Crippen LogP contribution in [0.15, 0.2) is 23.3 Å². The normalized spacial score (nSPS) is 10.6. The lowest BCUT2D eigenvalue weighted by atomic mass is 10.2. The molecule has 1 aromatic carbocycles. The molecule has 1 heterocycles. The number of benzene rings is 1. The Morgan fingerprint density at radius 2 is 2.23 bits per heavy atom. The second-order valence-electron chi connectivity index (χ2n) is 2.49. The van der Waals surface area contributed by atoms with Gasteiger partial charge in [-0.1, -0.05) is 11.6 Å². The minimum atomic E-state index is -0.662. The summed E-state index contributed by atoms with van der Waals surface area (Å²) < 4.78 is 13.2. The highest BCUT2D eigenvalue weighted by Crippen LogP contribution is 2.19. The van der Waals surface area contributed by atoms with E-state index in [1.807, 2.05) is 0 Å². The molecule has 0 spiro atoms. The van der Waals surface area contributed by atoms with Crippen LogP contribution in [-0.4, -0.2) is 9.97 Å². The van der Waals surface area contributed by atoms with Crippen molar-refractivity contribution in [2.75, 3.05) is 0 Å². The van der Waals surface area contributed by atoms with Gasteiger partial charge in [-0.15, -0.1) is 0 Å². The molecule has 13 heavy (non-hydrogen) atoms. The zero-order chi connectivity index (χ0) is 9.42. The van der Waals surface area contributed by atoms with Gasteiger partial charge in [-0.25, -0.2) is 9.37 Å². The molecule has 1 N–H and O–H groups in total. The molecule has 1 aromatic heterocycles. The molecular formula is C8H4ClFN2O. The first-order valence-electron chi connectivity index (χ1n) is 3.51. The van der Waals surface area contributed by atoms with Gasteiger partial charge < -0.3 is 4.98 Å². The SMILES string of the molecule is O=c1[nH]cnc2c(F)c(Cl)ccc12. The lowest BCUT2D eigenvalue weighted by Crippen LogP contribution is -2.06. The number of aromatic amines is 1. The minimum absolute atomic E-state index is 0.00347. The van der Waals surface area contributed by atoms with Crippen LogP contribution in [0.5, 0.6) is 0 Å². The summed E-state index contributed by atoms with van der Waals surface area (Å²) in [5.41, 5.74) is -0.378. The largest absolute Gasteiger partial charge is 0.313 e. The van der Waals surface area contributed by atoms with Gasteiger partial charge in [-0.2, -0.15) is 0 Å². The van der Waals surface area contributed by atoms with Crippen molar-refractivity contribution in [3.63, 3.8) is 0 Å². The van der Waals surface area contributed by atoms with Gasteiger partial charge in [0.2, 0.25) is 0 Å². The van der Waals surface area contributed by atoms with Crippen LogP contribution in [0.3, 0.4) is 0 Å². The fraction of sp³-hybridized carbons (Fsp3) is 0. The molecule has 0 fully saturated rings. The summed E-state index contributed by atoms with van der Waals surface area (Å²) in [6.07, 6.45) is 1.14. The van der Waals surface area contributed by atoms with Gasteiger partial charge in [0, 0.05) is 0 Å². The molecule has 0 unspecified atom stereocenters. The molecule has 0 saturated heterocycles. The maximum Gasteiger partial charge on any atom is 0.258 e. The maximum absolute atomic E-state index is 13.2. The molecule has 66 valence electrons. The fourth-order valence-electron chi connectivity index (χ4n) is 1.08. The number of hydrogen-bond acceptors (Lipinski definition) is 2. The third-order valence-electron chi connectivity index (χ3n) is 1.70. The standard InChI is InChI=1S/C8H4ClFN2O/c9-5-2-1-4-7(6(5)10)11-3-12-8(4)13/h1-3H,(H,11,12,13). The van der Waals surface area contributed by atoms with E-state index < -0.39 is 5.82 Å². The van der Waals surface area contributed by atoms with E-state index in [9.17, 15) is 9.18 Å². The van der Waals surface area contributed by atoms with Gasteiger partial charge in [0.25, 0.3) is 5.56 Å². The van der Waals surface area contributed by atoms with Crippen molar-refractivity contribution in [2.45, 2.75) is 0 Å². The van der Waals surface area contributed by atoms with Crippen molar-refractivity contribution in [1.29, 1.82) is 0 Å². The van der Waals surface area contributed by atoms with Crippen LogP contribution in [0.4, 0.5) is 4.39 Å². The van der Waals surface area contributed by atoms with E-state index in [-0.39, 0.29) is 21.5 Å². The Bertz CT molecular complexity index is 523. The predicted octanol–water partition coefficient (Wildman–Crippen LogP) is 1.72. The first-order chi connectivity index (χ1) is 6.20. The molecule has 0 radical (unpaired) electrons. The van der Waals surface area contributed by atoms with Crippen LogP contribution >= 0.6 is 11.6 Å². The molecule has 0 aliphatic rings. The molecule has 2 aromatic rings. The third-order valence-corrected chi connectivity index (χ3v) is 1.99. The van der Waals surface area contributed by atoms with E-state index in [0.29, 0.717) is 0 Å². The summed E-state index contributed by atoms with van der Waals surface area (Å²) in [5, 5.41) is 0.162. The molecule has 2 rings (SSSR count). The number of fused-ring (bicyclic) bond motifs is 1. The van der Waals surface area contributed by atoms with Crippen LogP contribution < -0.4 is 5.56 Å². The van der Waals surface area contributed by atoms with Gasteiger partial charge in [-0.3, -0.25) is 4.79 Å². The summed E-state index contributed by atoms with van der Waals surface area (Å²) in [4.78, 5) is 17.2. The third kappa shape index (κ3) is 1.19. The Hall–Kier alpha value is -1.42. The van der Waals surface area contributed by atoms with Crippen molar-refractivity contribution >= 4 is 22.5 Å². The van der Waals surface area contributed by atoms with Crippen molar-refractivity contribution in [2.24, 2.45) is 0 Å². The molecule has 0 saturated carbocycles. The summed E-state index contributed by atoms with van der Waals surface area (Å²) >= 11 is 5.51. The highest BCUT2D eigenvalue weighted by atomic mass is 35.5. The summed E-state index contributed by atoms with van der Waals surface area (Å²) in [5.74, 6) is -0.662. The zero-order valence-electron chi connectivity index (χ0n) is 6.34. The van der Waals surface area contributed by atoms with Crippen molar-refractivity contribution in [1.82, 2.24) is 9.97 Å². The van der Waals surface area contributed by atoms with Crippen LogP contribution in [0.25, 0.3) is 10.9 Å². The summed E-state index contributed by atoms with van der Waals surface area (Å²) in [7, 11) is 0. The molecule has 3 nitrogen and oxygen atoms in total. The summed E-state index contributed by atoms with van der Waals surface area (Å²) in [6.45, 7) is 0. The van der Waals surface area contributed by atoms with E-state index in [1.165, 1.54) is 12.1 Å². The molecule has 0 bridgehead atoms. The van der Waals surface area contributed by atoms with E-state index >= 15 is 0 Å². The lowest BCUT2D eigenvalue weighted by Gasteiger charge is -1.97. The molecule has 0 aliphatic heterocycles. The quantitative estimate of drug-likeness (QED) is 0.701. The van der Waals surface area contributed by atoms with Crippen LogP contribution in [-0.2, 0) is 0 Å². The smallest absolute Gasteiger partial charge is 0.258 e. The second kappa shape index (κ2) is 2.81. The Morgan fingerprint density at radius 1 is 1.46 bits per heavy atom. The van der Waals surface area contributed by atoms with Crippen molar-refractivity contribution < 1.29 is 4.39 Å².